The van der Waals surface area contributed by atoms with Crippen LogP contribution < -0.4 is 0 Å². The molecule has 1 fully saturated rings. The minimum absolute atomic E-state index is 0.0854. The number of carbonyl (C=O) groups excluding carboxylic acids is 1. The fourth-order valence-corrected chi connectivity index (χ4v) is 4.04. The van der Waals surface area contributed by atoms with E-state index in [2.05, 4.69) is 32.6 Å². The van der Waals surface area contributed by atoms with Crippen molar-refractivity contribution >= 4 is 5.91 Å². The molecule has 1 aliphatic rings. The van der Waals surface area contributed by atoms with Crippen molar-refractivity contribution < 1.29 is 9.32 Å². The molecule has 2 aromatic carbocycles. The van der Waals surface area contributed by atoms with Crippen molar-refractivity contribution in [1.29, 1.82) is 0 Å². The molecule has 1 atom stereocenters. The second-order valence-corrected chi connectivity index (χ2v) is 7.99. The van der Waals surface area contributed by atoms with E-state index in [0.717, 1.165) is 31.4 Å². The third-order valence-electron chi connectivity index (χ3n) is 5.78. The van der Waals surface area contributed by atoms with Gasteiger partial charge in [0.2, 0.25) is 11.7 Å². The van der Waals surface area contributed by atoms with Gasteiger partial charge in [-0.2, -0.15) is 4.98 Å². The predicted octanol–water partition coefficient (Wildman–Crippen LogP) is 3.79. The monoisotopic (exact) mass is 428 g/mol. The number of piperidine rings is 1. The summed E-state index contributed by atoms with van der Waals surface area (Å²) in [6.45, 7) is 1.42. The van der Waals surface area contributed by atoms with Crippen molar-refractivity contribution in [1.82, 2.24) is 30.0 Å². The Morgan fingerprint density at radius 2 is 1.84 bits per heavy atom. The second-order valence-electron chi connectivity index (χ2n) is 7.99. The van der Waals surface area contributed by atoms with Gasteiger partial charge < -0.3 is 9.42 Å². The molecule has 3 heterocycles. The van der Waals surface area contributed by atoms with Crippen LogP contribution in [0.3, 0.4) is 0 Å². The zero-order chi connectivity index (χ0) is 21.8. The van der Waals surface area contributed by atoms with E-state index in [1.54, 1.807) is 0 Å². The predicted molar refractivity (Wildman–Crippen MR) is 118 cm³/mol. The number of hydrogen-bond donors (Lipinski definition) is 0. The molecule has 4 aromatic rings. The first kappa shape index (κ1) is 20.1. The number of rotatable bonds is 6. The van der Waals surface area contributed by atoms with Crippen molar-refractivity contribution in [3.05, 3.63) is 72.4 Å². The van der Waals surface area contributed by atoms with Crippen LogP contribution in [-0.2, 0) is 11.2 Å². The molecular weight excluding hydrogens is 404 g/mol. The molecule has 1 saturated heterocycles. The SMILES string of the molecule is O=C(CCc1ccccc1)N1CCCC(n2cc(-c3nc(-c4ccccc4)no3)nn2)C1. The standard InChI is InChI=1S/C24H24N6O2/c31-22(14-13-18-8-3-1-4-9-18)29-15-7-12-20(16-29)30-17-21(26-28-30)24-25-23(27-32-24)19-10-5-2-6-11-19/h1-6,8-11,17,20H,7,12-16H2. The molecule has 0 aliphatic carbocycles. The Balaban J connectivity index is 1.23. The van der Waals surface area contributed by atoms with E-state index in [0.29, 0.717) is 30.4 Å². The molecule has 5 rings (SSSR count). The van der Waals surface area contributed by atoms with E-state index < -0.39 is 0 Å². The van der Waals surface area contributed by atoms with Gasteiger partial charge in [-0.15, -0.1) is 5.10 Å². The normalized spacial score (nSPS) is 16.2. The van der Waals surface area contributed by atoms with E-state index in [-0.39, 0.29) is 11.9 Å². The van der Waals surface area contributed by atoms with Crippen molar-refractivity contribution in [2.24, 2.45) is 0 Å². The Kier molecular flexibility index (Phi) is 5.74. The van der Waals surface area contributed by atoms with E-state index in [9.17, 15) is 4.79 Å². The van der Waals surface area contributed by atoms with Crippen LogP contribution in [0.25, 0.3) is 23.0 Å². The maximum Gasteiger partial charge on any atom is 0.280 e. The lowest BCUT2D eigenvalue weighted by Crippen LogP contribution is -2.41. The molecule has 8 heteroatoms. The Bertz CT molecular complexity index is 1170. The summed E-state index contributed by atoms with van der Waals surface area (Å²) >= 11 is 0. The third kappa shape index (κ3) is 4.44. The molecule has 2 aromatic heterocycles. The molecule has 1 amide bonds. The van der Waals surface area contributed by atoms with Crippen LogP contribution in [0.2, 0.25) is 0 Å². The first-order valence-corrected chi connectivity index (χ1v) is 10.9. The summed E-state index contributed by atoms with van der Waals surface area (Å²) in [4.78, 5) is 19.2. The lowest BCUT2D eigenvalue weighted by atomic mass is 10.0. The molecule has 32 heavy (non-hydrogen) atoms. The molecule has 0 N–H and O–H groups in total. The number of amides is 1. The van der Waals surface area contributed by atoms with Gasteiger partial charge in [-0.25, -0.2) is 4.68 Å². The summed E-state index contributed by atoms with van der Waals surface area (Å²) in [5.41, 5.74) is 2.60. The average molecular weight is 428 g/mol. The number of nitrogens with zero attached hydrogens (tertiary/aromatic N) is 6. The summed E-state index contributed by atoms with van der Waals surface area (Å²) in [5, 5.41) is 12.6. The summed E-state index contributed by atoms with van der Waals surface area (Å²) in [6, 6.07) is 19.9. The molecule has 162 valence electrons. The average Bonchev–Trinajstić information content (AvgIpc) is 3.54. The first-order valence-electron chi connectivity index (χ1n) is 10.9. The Hall–Kier alpha value is -3.81. The van der Waals surface area contributed by atoms with E-state index in [1.165, 1.54) is 5.56 Å². The van der Waals surface area contributed by atoms with Crippen LogP contribution in [0.15, 0.2) is 71.4 Å². The molecule has 8 nitrogen and oxygen atoms in total. The van der Waals surface area contributed by atoms with Gasteiger partial charge in [-0.05, 0) is 24.8 Å². The van der Waals surface area contributed by atoms with Crippen LogP contribution in [0.4, 0.5) is 0 Å². The highest BCUT2D eigenvalue weighted by molar-refractivity contribution is 5.76. The fraction of sp³-hybridized carbons (Fsp3) is 0.292. The van der Waals surface area contributed by atoms with Crippen LogP contribution in [-0.4, -0.2) is 49.0 Å². The number of likely N-dealkylation sites (tertiary alicyclic amines) is 1. The summed E-state index contributed by atoms with van der Waals surface area (Å²) in [7, 11) is 0. The Morgan fingerprint density at radius 3 is 2.66 bits per heavy atom. The topological polar surface area (TPSA) is 89.9 Å². The van der Waals surface area contributed by atoms with Crippen LogP contribution in [0.5, 0.6) is 0 Å². The summed E-state index contributed by atoms with van der Waals surface area (Å²) < 4.78 is 7.22. The van der Waals surface area contributed by atoms with E-state index in [1.807, 2.05) is 64.3 Å². The Morgan fingerprint density at radius 1 is 1.06 bits per heavy atom. The number of carbonyl (C=O) groups is 1. The van der Waals surface area contributed by atoms with Gasteiger partial charge in [-0.3, -0.25) is 4.79 Å². The third-order valence-corrected chi connectivity index (χ3v) is 5.78. The van der Waals surface area contributed by atoms with Crippen LogP contribution in [0.1, 0.15) is 30.9 Å². The van der Waals surface area contributed by atoms with Gasteiger partial charge in [0.1, 0.15) is 0 Å². The second kappa shape index (κ2) is 9.13. The number of benzene rings is 2. The molecule has 0 bridgehead atoms. The van der Waals surface area contributed by atoms with Gasteiger partial charge >= 0.3 is 0 Å². The molecule has 1 unspecified atom stereocenters. The van der Waals surface area contributed by atoms with Crippen molar-refractivity contribution in [2.45, 2.75) is 31.7 Å². The smallest absolute Gasteiger partial charge is 0.280 e. The quantitative estimate of drug-likeness (QED) is 0.464. The maximum absolute atomic E-state index is 12.8. The highest BCUT2D eigenvalue weighted by Crippen LogP contribution is 2.25. The molecule has 0 spiro atoms. The van der Waals surface area contributed by atoms with Crippen molar-refractivity contribution in [3.63, 3.8) is 0 Å². The highest BCUT2D eigenvalue weighted by atomic mass is 16.5. The largest absolute Gasteiger partial charge is 0.341 e. The van der Waals surface area contributed by atoms with Gasteiger partial charge in [0.15, 0.2) is 5.69 Å². The zero-order valence-electron chi connectivity index (χ0n) is 17.7. The molecule has 0 saturated carbocycles. The van der Waals surface area contributed by atoms with Crippen LogP contribution >= 0.6 is 0 Å². The molecular formula is C24H24N6O2. The molecule has 1 aliphatic heterocycles. The van der Waals surface area contributed by atoms with Gasteiger partial charge in [0.25, 0.3) is 5.89 Å². The number of aromatic nitrogens is 5. The number of hydrogen-bond acceptors (Lipinski definition) is 6. The van der Waals surface area contributed by atoms with E-state index >= 15 is 0 Å². The minimum atomic E-state index is 0.0854. The van der Waals surface area contributed by atoms with Crippen molar-refractivity contribution in [3.8, 4) is 23.0 Å². The Labute approximate surface area is 185 Å². The van der Waals surface area contributed by atoms with Gasteiger partial charge in [0.05, 0.1) is 12.2 Å². The maximum atomic E-state index is 12.8. The fourth-order valence-electron chi connectivity index (χ4n) is 4.04. The molecule has 0 radical (unpaired) electrons. The first-order chi connectivity index (χ1) is 15.8. The van der Waals surface area contributed by atoms with Gasteiger partial charge in [0, 0.05) is 25.1 Å². The number of aryl methyl sites for hydroxylation is 1. The minimum Gasteiger partial charge on any atom is -0.341 e. The zero-order valence-corrected chi connectivity index (χ0v) is 17.7. The van der Waals surface area contributed by atoms with Gasteiger partial charge in [-0.1, -0.05) is 71.0 Å². The lowest BCUT2D eigenvalue weighted by Gasteiger charge is -2.32. The van der Waals surface area contributed by atoms with E-state index in [4.69, 9.17) is 4.52 Å². The lowest BCUT2D eigenvalue weighted by molar-refractivity contribution is -0.132. The van der Waals surface area contributed by atoms with Crippen LogP contribution in [0, 0.1) is 0 Å². The highest BCUT2D eigenvalue weighted by Gasteiger charge is 2.26. The summed E-state index contributed by atoms with van der Waals surface area (Å²) in [5.74, 6) is 1.04. The summed E-state index contributed by atoms with van der Waals surface area (Å²) in [6.07, 6.45) is 4.99. The van der Waals surface area contributed by atoms with Crippen molar-refractivity contribution in [2.75, 3.05) is 13.1 Å².